The zero-order valence-electron chi connectivity index (χ0n) is 18.1. The Morgan fingerprint density at radius 3 is 1.89 bits per heavy atom. The van der Waals surface area contributed by atoms with Crippen molar-refractivity contribution in [3.8, 4) is 0 Å². The molecule has 0 aliphatic carbocycles. The summed E-state index contributed by atoms with van der Waals surface area (Å²) in [4.78, 5) is 47.2. The van der Waals surface area contributed by atoms with Crippen LogP contribution in [0.15, 0.2) is 0 Å². The number of carbonyl (C=O) groups is 4. The Labute approximate surface area is 167 Å². The summed E-state index contributed by atoms with van der Waals surface area (Å²) in [6.07, 6.45) is 0.756. The zero-order valence-corrected chi connectivity index (χ0v) is 18.1. The molecule has 0 heterocycles. The van der Waals surface area contributed by atoms with E-state index in [9.17, 15) is 24.3 Å². The second-order valence-electron chi connectivity index (χ2n) is 8.89. The summed E-state index contributed by atoms with van der Waals surface area (Å²) in [7, 11) is 0. The van der Waals surface area contributed by atoms with Gasteiger partial charge in [-0.05, 0) is 52.4 Å². The Morgan fingerprint density at radius 2 is 1.54 bits per heavy atom. The fourth-order valence-electron chi connectivity index (χ4n) is 3.20. The third-order valence-corrected chi connectivity index (χ3v) is 5.01. The van der Waals surface area contributed by atoms with Gasteiger partial charge in [-0.3, -0.25) is 14.4 Å². The lowest BCUT2D eigenvalue weighted by Crippen LogP contribution is -2.52. The fourth-order valence-corrected chi connectivity index (χ4v) is 3.20. The van der Waals surface area contributed by atoms with E-state index in [1.54, 1.807) is 13.8 Å². The van der Waals surface area contributed by atoms with Gasteiger partial charge in [0.05, 0.1) is 12.0 Å². The summed E-state index contributed by atoms with van der Waals surface area (Å²) in [6.45, 7) is 12.2. The van der Waals surface area contributed by atoms with Crippen molar-refractivity contribution < 1.29 is 29.4 Å². The maximum absolute atomic E-state index is 12.4. The smallest absolute Gasteiger partial charge is 0.326 e. The van der Waals surface area contributed by atoms with Crippen LogP contribution in [-0.2, 0) is 19.2 Å². The molecule has 0 rings (SSSR count). The number of amides is 1. The van der Waals surface area contributed by atoms with Crippen molar-refractivity contribution in [3.63, 3.8) is 0 Å². The lowest BCUT2D eigenvalue weighted by molar-refractivity contribution is -0.149. The first-order valence-electron chi connectivity index (χ1n) is 9.66. The van der Waals surface area contributed by atoms with Gasteiger partial charge < -0.3 is 20.8 Å². The van der Waals surface area contributed by atoms with E-state index in [-0.39, 0.29) is 30.6 Å². The quantitative estimate of drug-likeness (QED) is 0.395. The van der Waals surface area contributed by atoms with Crippen LogP contribution >= 0.6 is 0 Å². The molecule has 4 N–H and O–H groups in total. The monoisotopic (exact) mass is 400 g/mol. The lowest BCUT2D eigenvalue weighted by Gasteiger charge is -2.36. The van der Waals surface area contributed by atoms with Crippen LogP contribution < -0.4 is 10.6 Å². The van der Waals surface area contributed by atoms with Gasteiger partial charge >= 0.3 is 11.9 Å². The Bertz CT molecular complexity index is 584. The van der Waals surface area contributed by atoms with E-state index in [0.717, 1.165) is 0 Å². The summed E-state index contributed by atoms with van der Waals surface area (Å²) < 4.78 is 0. The third-order valence-electron chi connectivity index (χ3n) is 5.01. The predicted octanol–water partition coefficient (Wildman–Crippen LogP) is 2.21. The number of ketones is 1. The molecule has 8 heteroatoms. The number of aliphatic carboxylic acids is 2. The number of carboxylic acid groups (broad SMARTS) is 2. The van der Waals surface area contributed by atoms with Crippen molar-refractivity contribution in [1.29, 1.82) is 0 Å². The lowest BCUT2D eigenvalue weighted by atomic mass is 9.73. The molecule has 0 radical (unpaired) electrons. The molecule has 162 valence electrons. The van der Waals surface area contributed by atoms with E-state index in [2.05, 4.69) is 10.6 Å². The molecular formula is C20H36N2O6. The van der Waals surface area contributed by atoms with Crippen LogP contribution in [0.2, 0.25) is 0 Å². The van der Waals surface area contributed by atoms with Gasteiger partial charge in [-0.1, -0.05) is 20.8 Å². The Hall–Kier alpha value is -1.96. The molecule has 0 spiro atoms. The minimum atomic E-state index is -1.21. The number of carbonyl (C=O) groups excluding carboxylic acids is 2. The molecule has 0 aliphatic heterocycles. The van der Waals surface area contributed by atoms with Crippen LogP contribution in [0, 0.1) is 11.3 Å². The van der Waals surface area contributed by atoms with Crippen LogP contribution in [0.25, 0.3) is 0 Å². The molecule has 4 unspecified atom stereocenters. The van der Waals surface area contributed by atoms with E-state index in [0.29, 0.717) is 6.42 Å². The molecule has 0 saturated heterocycles. The molecule has 0 aromatic heterocycles. The summed E-state index contributed by atoms with van der Waals surface area (Å²) in [5.41, 5.74) is -1.22. The number of nitrogens with one attached hydrogen (secondary N) is 2. The van der Waals surface area contributed by atoms with Crippen LogP contribution in [0.3, 0.4) is 0 Å². The van der Waals surface area contributed by atoms with Crippen molar-refractivity contribution in [3.05, 3.63) is 0 Å². The van der Waals surface area contributed by atoms with Crippen molar-refractivity contribution in [2.75, 3.05) is 0 Å². The van der Waals surface area contributed by atoms with E-state index in [4.69, 9.17) is 5.11 Å². The van der Waals surface area contributed by atoms with Crippen LogP contribution in [0.5, 0.6) is 0 Å². The topological polar surface area (TPSA) is 133 Å². The Balaban J connectivity index is 5.17. The molecule has 0 aromatic carbocycles. The fraction of sp³-hybridized carbons (Fsp3) is 0.800. The maximum Gasteiger partial charge on any atom is 0.326 e. The van der Waals surface area contributed by atoms with Crippen LogP contribution in [0.4, 0.5) is 0 Å². The highest BCUT2D eigenvalue weighted by molar-refractivity contribution is 5.86. The van der Waals surface area contributed by atoms with Crippen LogP contribution in [0.1, 0.15) is 74.1 Å². The first-order chi connectivity index (χ1) is 12.6. The van der Waals surface area contributed by atoms with Gasteiger partial charge in [0, 0.05) is 12.0 Å². The number of rotatable bonds is 12. The molecule has 0 saturated carbocycles. The Morgan fingerprint density at radius 1 is 1.00 bits per heavy atom. The minimum Gasteiger partial charge on any atom is -0.481 e. The van der Waals surface area contributed by atoms with Gasteiger partial charge in [0.1, 0.15) is 11.8 Å². The number of hydrogen-bond acceptors (Lipinski definition) is 5. The third kappa shape index (κ3) is 8.82. The van der Waals surface area contributed by atoms with Crippen LogP contribution in [-0.4, -0.2) is 51.5 Å². The summed E-state index contributed by atoms with van der Waals surface area (Å²) in [6, 6.07) is -1.71. The zero-order chi connectivity index (χ0) is 22.3. The molecule has 0 fully saturated rings. The van der Waals surface area contributed by atoms with Gasteiger partial charge in [-0.15, -0.1) is 0 Å². The summed E-state index contributed by atoms with van der Waals surface area (Å²) >= 11 is 0. The minimum absolute atomic E-state index is 0.00855. The predicted molar refractivity (Wildman–Crippen MR) is 106 cm³/mol. The average molecular weight is 401 g/mol. The Kier molecular flexibility index (Phi) is 9.81. The van der Waals surface area contributed by atoms with Gasteiger partial charge in [0.2, 0.25) is 5.91 Å². The summed E-state index contributed by atoms with van der Waals surface area (Å²) in [5, 5.41) is 24.5. The van der Waals surface area contributed by atoms with E-state index in [1.165, 1.54) is 13.8 Å². The number of carboxylic acids is 2. The highest BCUT2D eigenvalue weighted by atomic mass is 16.4. The molecule has 8 nitrogen and oxygen atoms in total. The number of hydrogen-bond donors (Lipinski definition) is 4. The first-order valence-corrected chi connectivity index (χ1v) is 9.66. The molecule has 4 atom stereocenters. The van der Waals surface area contributed by atoms with Gasteiger partial charge in [0.15, 0.2) is 0 Å². The molecule has 28 heavy (non-hydrogen) atoms. The van der Waals surface area contributed by atoms with Crippen molar-refractivity contribution in [2.45, 2.75) is 91.8 Å². The number of Topliss-reactive ketones (excluding diaryl/α,β-unsaturated/α-hetero) is 1. The first kappa shape index (κ1) is 26.0. The average Bonchev–Trinajstić information content (AvgIpc) is 2.54. The largest absolute Gasteiger partial charge is 0.481 e. The molecule has 1 amide bonds. The highest BCUT2D eigenvalue weighted by Crippen LogP contribution is 2.34. The molecule has 0 aliphatic rings. The molecule has 0 bridgehead atoms. The molecule has 0 aromatic rings. The van der Waals surface area contributed by atoms with E-state index < -0.39 is 41.3 Å². The summed E-state index contributed by atoms with van der Waals surface area (Å²) in [5.74, 6) is -3.51. The second kappa shape index (κ2) is 10.5. The van der Waals surface area contributed by atoms with Crippen molar-refractivity contribution in [1.82, 2.24) is 10.6 Å². The standard InChI is InChI=1S/C20H36N2O6/c1-8-20(7,11-12(2)17(25)26)16(18(27)28)21-15(24)10-9-14(13(3)23)22-19(4,5)6/h12,14,16,22H,8-11H2,1-7H3,(H,21,24)(H,25,26)(H,27,28). The normalized spacial score (nSPS) is 17.1. The van der Waals surface area contributed by atoms with E-state index >= 15 is 0 Å². The second-order valence-corrected chi connectivity index (χ2v) is 8.89. The van der Waals surface area contributed by atoms with E-state index in [1.807, 2.05) is 20.8 Å². The van der Waals surface area contributed by atoms with Gasteiger partial charge in [0.25, 0.3) is 0 Å². The van der Waals surface area contributed by atoms with Gasteiger partial charge in [-0.25, -0.2) is 4.79 Å². The van der Waals surface area contributed by atoms with Crippen molar-refractivity contribution in [2.24, 2.45) is 11.3 Å². The highest BCUT2D eigenvalue weighted by Gasteiger charge is 2.41. The molecular weight excluding hydrogens is 364 g/mol. The van der Waals surface area contributed by atoms with Crippen molar-refractivity contribution >= 4 is 23.6 Å². The maximum atomic E-state index is 12.4. The SMILES string of the molecule is CCC(C)(CC(C)C(=O)O)C(NC(=O)CCC(NC(C)(C)C)C(C)=O)C(=O)O. The van der Waals surface area contributed by atoms with Gasteiger partial charge in [-0.2, -0.15) is 0 Å².